The fraction of sp³-hybridized carbons (Fsp3) is 0.667. The summed E-state index contributed by atoms with van der Waals surface area (Å²) in [5, 5.41) is 10.2. The summed E-state index contributed by atoms with van der Waals surface area (Å²) in [6.07, 6.45) is 1.03. The number of carboxylic acids is 1. The summed E-state index contributed by atoms with van der Waals surface area (Å²) in [6, 6.07) is -0.785. The maximum atomic E-state index is 11.4. The number of nitrogens with zero attached hydrogens (tertiary/aromatic N) is 1. The predicted octanol–water partition coefficient (Wildman–Crippen LogP) is -1.70. The monoisotopic (exact) mass is 296 g/mol. The molecule has 0 heterocycles. The van der Waals surface area contributed by atoms with Gasteiger partial charge in [0.05, 0.1) is 5.75 Å². The van der Waals surface area contributed by atoms with Gasteiger partial charge in [-0.05, 0) is 0 Å². The van der Waals surface area contributed by atoms with Gasteiger partial charge in [0.2, 0.25) is 0 Å². The number of ether oxygens (including phenoxy) is 1. The van der Waals surface area contributed by atoms with E-state index in [1.165, 1.54) is 7.05 Å². The lowest BCUT2D eigenvalue weighted by Gasteiger charge is -2.16. The highest BCUT2D eigenvalue weighted by atomic mass is 32.2. The zero-order chi connectivity index (χ0) is 15.1. The van der Waals surface area contributed by atoms with Gasteiger partial charge in [0.1, 0.15) is 23.1 Å². The van der Waals surface area contributed by atoms with Crippen molar-refractivity contribution in [2.75, 3.05) is 38.8 Å². The average molecular weight is 296 g/mol. The Bertz CT molecular complexity index is 445. The van der Waals surface area contributed by atoms with Gasteiger partial charge in [-0.2, -0.15) is 0 Å². The number of hydrogen-bond acceptors (Lipinski definition) is 6. The van der Waals surface area contributed by atoms with Crippen LogP contribution in [0.5, 0.6) is 0 Å². The molecule has 19 heavy (non-hydrogen) atoms. The van der Waals surface area contributed by atoms with Gasteiger partial charge in [-0.15, -0.1) is 0 Å². The standard InChI is InChI=1S/C9H16N2O7S/c1-11(3-4-19(2,16)17)9(15)10-7(12)5-18-6-8(13)14/h3-6H2,1-2H3,(H,13,14)(H,10,12,15). The molecule has 0 saturated heterocycles. The minimum Gasteiger partial charge on any atom is -0.480 e. The van der Waals surface area contributed by atoms with E-state index in [0.29, 0.717) is 0 Å². The van der Waals surface area contributed by atoms with Crippen LogP contribution in [0.15, 0.2) is 0 Å². The molecule has 0 unspecified atom stereocenters. The van der Waals surface area contributed by atoms with Gasteiger partial charge in [0.15, 0.2) is 0 Å². The fourth-order valence-corrected chi connectivity index (χ4v) is 1.49. The van der Waals surface area contributed by atoms with Crippen LogP contribution in [0.4, 0.5) is 4.79 Å². The Balaban J connectivity index is 4.01. The van der Waals surface area contributed by atoms with Crippen LogP contribution in [0, 0.1) is 0 Å². The first-order chi connectivity index (χ1) is 8.61. The van der Waals surface area contributed by atoms with Crippen molar-refractivity contribution in [3.63, 3.8) is 0 Å². The molecule has 0 aromatic carbocycles. The molecule has 0 aromatic heterocycles. The Hall–Kier alpha value is -1.68. The molecule has 0 atom stereocenters. The number of aliphatic carboxylic acids is 1. The Kier molecular flexibility index (Phi) is 7.01. The van der Waals surface area contributed by atoms with E-state index in [1.54, 1.807) is 0 Å². The Morgan fingerprint density at radius 2 is 1.84 bits per heavy atom. The van der Waals surface area contributed by atoms with Gasteiger partial charge < -0.3 is 14.7 Å². The van der Waals surface area contributed by atoms with Crippen molar-refractivity contribution < 1.29 is 32.6 Å². The van der Waals surface area contributed by atoms with Gasteiger partial charge in [-0.3, -0.25) is 10.1 Å². The van der Waals surface area contributed by atoms with Gasteiger partial charge in [0.25, 0.3) is 5.91 Å². The molecular weight excluding hydrogens is 280 g/mol. The first-order valence-corrected chi connectivity index (χ1v) is 7.20. The minimum absolute atomic E-state index is 0.0616. The largest absolute Gasteiger partial charge is 0.480 e. The third-order valence-electron chi connectivity index (χ3n) is 1.85. The molecular formula is C9H16N2O7S. The van der Waals surface area contributed by atoms with Gasteiger partial charge in [-0.1, -0.05) is 0 Å². The number of hydrogen-bond donors (Lipinski definition) is 2. The predicted molar refractivity (Wildman–Crippen MR) is 64.3 cm³/mol. The number of imide groups is 1. The molecule has 0 aliphatic carbocycles. The highest BCUT2D eigenvalue weighted by Crippen LogP contribution is 1.89. The summed E-state index contributed by atoms with van der Waals surface area (Å²) >= 11 is 0. The highest BCUT2D eigenvalue weighted by Gasteiger charge is 2.14. The molecule has 0 fully saturated rings. The van der Waals surface area contributed by atoms with Crippen LogP contribution in [0.1, 0.15) is 0 Å². The van der Waals surface area contributed by atoms with Gasteiger partial charge >= 0.3 is 12.0 Å². The van der Waals surface area contributed by atoms with Crippen molar-refractivity contribution in [1.29, 1.82) is 0 Å². The number of sulfone groups is 1. The van der Waals surface area contributed by atoms with Crippen LogP contribution in [-0.4, -0.2) is 75.1 Å². The summed E-state index contributed by atoms with van der Waals surface area (Å²) in [5.74, 6) is -2.26. The zero-order valence-corrected chi connectivity index (χ0v) is 11.4. The summed E-state index contributed by atoms with van der Waals surface area (Å²) in [6.45, 7) is -1.28. The van der Waals surface area contributed by atoms with E-state index in [1.807, 2.05) is 5.32 Å². The molecule has 0 saturated carbocycles. The van der Waals surface area contributed by atoms with E-state index in [2.05, 4.69) is 4.74 Å². The molecule has 0 aliphatic rings. The second-order valence-electron chi connectivity index (χ2n) is 3.79. The Morgan fingerprint density at radius 3 is 2.32 bits per heavy atom. The molecule has 0 aliphatic heterocycles. The summed E-state index contributed by atoms with van der Waals surface area (Å²) in [4.78, 5) is 33.7. The number of carboxylic acid groups (broad SMARTS) is 1. The maximum Gasteiger partial charge on any atom is 0.329 e. The van der Waals surface area contributed by atoms with E-state index in [0.717, 1.165) is 11.2 Å². The van der Waals surface area contributed by atoms with Crippen LogP contribution < -0.4 is 5.32 Å². The molecule has 3 amide bonds. The molecule has 0 bridgehead atoms. The molecule has 0 rings (SSSR count). The van der Waals surface area contributed by atoms with Crippen molar-refractivity contribution in [3.8, 4) is 0 Å². The topological polar surface area (TPSA) is 130 Å². The van der Waals surface area contributed by atoms with Crippen LogP contribution in [0.25, 0.3) is 0 Å². The van der Waals surface area contributed by atoms with Gasteiger partial charge in [0, 0.05) is 19.8 Å². The molecule has 0 aromatic rings. The second kappa shape index (κ2) is 7.69. The number of amides is 3. The lowest BCUT2D eigenvalue weighted by molar-refractivity contribution is -0.143. The number of rotatable bonds is 7. The second-order valence-corrected chi connectivity index (χ2v) is 6.05. The minimum atomic E-state index is -3.20. The number of carbonyl (C=O) groups is 3. The van der Waals surface area contributed by atoms with Crippen LogP contribution >= 0.6 is 0 Å². The number of carbonyl (C=O) groups excluding carboxylic acids is 2. The molecule has 9 nitrogen and oxygen atoms in total. The molecule has 0 radical (unpaired) electrons. The molecule has 2 N–H and O–H groups in total. The van der Waals surface area contributed by atoms with Crippen LogP contribution in [-0.2, 0) is 24.2 Å². The number of nitrogens with one attached hydrogen (secondary N) is 1. The lowest BCUT2D eigenvalue weighted by Crippen LogP contribution is -2.43. The first-order valence-electron chi connectivity index (χ1n) is 5.14. The maximum absolute atomic E-state index is 11.4. The van der Waals surface area contributed by atoms with Crippen LogP contribution in [0.2, 0.25) is 0 Å². The Morgan fingerprint density at radius 1 is 1.26 bits per heavy atom. The van der Waals surface area contributed by atoms with E-state index < -0.39 is 41.0 Å². The summed E-state index contributed by atoms with van der Waals surface area (Å²) in [7, 11) is -1.88. The first kappa shape index (κ1) is 17.3. The van der Waals surface area contributed by atoms with Crippen molar-refractivity contribution in [1.82, 2.24) is 10.2 Å². The third kappa shape index (κ3) is 9.97. The van der Waals surface area contributed by atoms with Crippen molar-refractivity contribution in [2.24, 2.45) is 0 Å². The summed E-state index contributed by atoms with van der Waals surface area (Å²) < 4.78 is 26.2. The highest BCUT2D eigenvalue weighted by molar-refractivity contribution is 7.90. The van der Waals surface area contributed by atoms with Crippen LogP contribution in [0.3, 0.4) is 0 Å². The van der Waals surface area contributed by atoms with E-state index in [9.17, 15) is 22.8 Å². The fourth-order valence-electron chi connectivity index (χ4n) is 0.886. The third-order valence-corrected chi connectivity index (χ3v) is 2.77. The van der Waals surface area contributed by atoms with E-state index in [-0.39, 0.29) is 12.3 Å². The quantitative estimate of drug-likeness (QED) is 0.572. The zero-order valence-electron chi connectivity index (χ0n) is 10.6. The Labute approximate surface area is 110 Å². The molecule has 110 valence electrons. The van der Waals surface area contributed by atoms with Crippen molar-refractivity contribution in [2.45, 2.75) is 0 Å². The lowest BCUT2D eigenvalue weighted by atomic mass is 10.6. The van der Waals surface area contributed by atoms with Gasteiger partial charge in [-0.25, -0.2) is 18.0 Å². The SMILES string of the molecule is CN(CCS(C)(=O)=O)C(=O)NC(=O)COCC(=O)O. The smallest absolute Gasteiger partial charge is 0.329 e. The number of urea groups is 1. The normalized spacial score (nSPS) is 10.8. The van der Waals surface area contributed by atoms with Crippen molar-refractivity contribution in [3.05, 3.63) is 0 Å². The summed E-state index contributed by atoms with van der Waals surface area (Å²) in [5.41, 5.74) is 0. The van der Waals surface area contributed by atoms with E-state index >= 15 is 0 Å². The molecule has 0 spiro atoms. The van der Waals surface area contributed by atoms with Crippen molar-refractivity contribution >= 4 is 27.7 Å². The average Bonchev–Trinajstić information content (AvgIpc) is 2.24. The molecule has 10 heteroatoms. The van der Waals surface area contributed by atoms with E-state index in [4.69, 9.17) is 5.11 Å².